The zero-order chi connectivity index (χ0) is 18.1. The predicted octanol–water partition coefficient (Wildman–Crippen LogP) is 2.87. The van der Waals surface area contributed by atoms with Gasteiger partial charge >= 0.3 is 0 Å². The highest BCUT2D eigenvalue weighted by atomic mass is 16.5. The molecule has 26 heavy (non-hydrogen) atoms. The second kappa shape index (κ2) is 7.02. The number of ether oxygens (including phenoxy) is 2. The minimum Gasteiger partial charge on any atom is -0.497 e. The molecule has 1 fully saturated rings. The van der Waals surface area contributed by atoms with Crippen LogP contribution < -0.4 is 9.47 Å². The first-order valence-electron chi connectivity index (χ1n) is 9.27. The van der Waals surface area contributed by atoms with Crippen LogP contribution in [0.15, 0.2) is 24.4 Å². The number of amides is 1. The average Bonchev–Trinajstić information content (AvgIpc) is 3.36. The first-order chi connectivity index (χ1) is 12.7. The van der Waals surface area contributed by atoms with E-state index >= 15 is 0 Å². The number of aryl methyl sites for hydroxylation is 1. The number of likely N-dealkylation sites (tertiary alicyclic amines) is 1. The van der Waals surface area contributed by atoms with Crippen LogP contribution in [0.25, 0.3) is 0 Å². The molecule has 1 aromatic heterocycles. The number of carbonyl (C=O) groups excluding carboxylic acids is 1. The summed E-state index contributed by atoms with van der Waals surface area (Å²) in [5, 5.41) is 0. The topological polar surface area (TPSA) is 56.6 Å². The molecule has 2 aromatic rings. The van der Waals surface area contributed by atoms with E-state index in [1.54, 1.807) is 14.2 Å². The van der Waals surface area contributed by atoms with Crippen molar-refractivity contribution >= 4 is 5.91 Å². The zero-order valence-corrected chi connectivity index (χ0v) is 15.4. The number of methoxy groups -OCH3 is 2. The van der Waals surface area contributed by atoms with Crippen LogP contribution >= 0.6 is 0 Å². The minimum absolute atomic E-state index is 0.0722. The quantitative estimate of drug-likeness (QED) is 0.846. The van der Waals surface area contributed by atoms with Gasteiger partial charge in [-0.05, 0) is 30.9 Å². The second-order valence-electron chi connectivity index (χ2n) is 7.04. The highest BCUT2D eigenvalue weighted by molar-refractivity contribution is 5.92. The largest absolute Gasteiger partial charge is 0.497 e. The number of aromatic nitrogens is 2. The molecule has 0 radical (unpaired) electrons. The van der Waals surface area contributed by atoms with Crippen molar-refractivity contribution in [2.75, 3.05) is 27.3 Å². The van der Waals surface area contributed by atoms with Gasteiger partial charge in [-0.1, -0.05) is 6.07 Å². The SMILES string of the molecule is COc1ccc(C2CCc3nc(C(=O)N4CCCC4)cn3C2)c(OC)c1. The van der Waals surface area contributed by atoms with Gasteiger partial charge in [-0.25, -0.2) is 4.98 Å². The van der Waals surface area contributed by atoms with Gasteiger partial charge in [0.2, 0.25) is 0 Å². The van der Waals surface area contributed by atoms with E-state index in [-0.39, 0.29) is 5.91 Å². The molecule has 1 saturated heterocycles. The lowest BCUT2D eigenvalue weighted by Crippen LogP contribution is -2.27. The van der Waals surface area contributed by atoms with Gasteiger partial charge in [0, 0.05) is 44.2 Å². The van der Waals surface area contributed by atoms with Crippen LogP contribution in [0.4, 0.5) is 0 Å². The highest BCUT2D eigenvalue weighted by Gasteiger charge is 2.27. The van der Waals surface area contributed by atoms with Crippen LogP contribution in [-0.2, 0) is 13.0 Å². The Balaban J connectivity index is 1.55. The molecule has 0 saturated carbocycles. The van der Waals surface area contributed by atoms with Crippen molar-refractivity contribution < 1.29 is 14.3 Å². The lowest BCUT2D eigenvalue weighted by Gasteiger charge is -2.25. The fourth-order valence-electron chi connectivity index (χ4n) is 4.04. The molecule has 2 aliphatic heterocycles. The summed E-state index contributed by atoms with van der Waals surface area (Å²) in [5.74, 6) is 3.07. The van der Waals surface area contributed by atoms with Gasteiger partial charge in [-0.2, -0.15) is 0 Å². The molecule has 0 N–H and O–H groups in total. The number of carbonyl (C=O) groups is 1. The van der Waals surface area contributed by atoms with Gasteiger partial charge in [0.15, 0.2) is 0 Å². The summed E-state index contributed by atoms with van der Waals surface area (Å²) >= 11 is 0. The Kier molecular flexibility index (Phi) is 4.57. The van der Waals surface area contributed by atoms with Crippen LogP contribution in [0.3, 0.4) is 0 Å². The summed E-state index contributed by atoms with van der Waals surface area (Å²) in [6.45, 7) is 2.53. The standard InChI is InChI=1S/C20H25N3O3/c1-25-15-6-7-16(18(11-15)26-2)14-5-8-19-21-17(13-23(19)12-14)20(24)22-9-3-4-10-22/h6-7,11,13-14H,3-5,8-10,12H2,1-2H3. The third-order valence-electron chi connectivity index (χ3n) is 5.49. The molecule has 6 nitrogen and oxygen atoms in total. The van der Waals surface area contributed by atoms with Crippen LogP contribution in [0.2, 0.25) is 0 Å². The first-order valence-corrected chi connectivity index (χ1v) is 9.27. The number of fused-ring (bicyclic) bond motifs is 1. The van der Waals surface area contributed by atoms with Crippen LogP contribution in [0.5, 0.6) is 11.5 Å². The number of hydrogen-bond acceptors (Lipinski definition) is 4. The lowest BCUT2D eigenvalue weighted by molar-refractivity contribution is 0.0787. The van der Waals surface area contributed by atoms with Gasteiger partial charge < -0.3 is 18.9 Å². The Bertz CT molecular complexity index is 809. The average molecular weight is 355 g/mol. The van der Waals surface area contributed by atoms with E-state index in [2.05, 4.69) is 15.6 Å². The molecule has 138 valence electrons. The molecular weight excluding hydrogens is 330 g/mol. The van der Waals surface area contributed by atoms with Crippen molar-refractivity contribution in [2.45, 2.75) is 38.1 Å². The summed E-state index contributed by atoms with van der Waals surface area (Å²) < 4.78 is 13.0. The molecule has 1 amide bonds. The molecule has 0 bridgehead atoms. The fraction of sp³-hybridized carbons (Fsp3) is 0.500. The number of benzene rings is 1. The van der Waals surface area contributed by atoms with Crippen molar-refractivity contribution in [1.29, 1.82) is 0 Å². The van der Waals surface area contributed by atoms with Gasteiger partial charge in [0.05, 0.1) is 14.2 Å². The predicted molar refractivity (Wildman–Crippen MR) is 98.0 cm³/mol. The van der Waals surface area contributed by atoms with Gasteiger partial charge in [0.1, 0.15) is 23.0 Å². The first kappa shape index (κ1) is 16.9. The Hall–Kier alpha value is -2.50. The molecule has 6 heteroatoms. The Morgan fingerprint density at radius 2 is 2.00 bits per heavy atom. The molecule has 0 aliphatic carbocycles. The van der Waals surface area contributed by atoms with Crippen LogP contribution in [0.1, 0.15) is 47.1 Å². The number of imidazole rings is 1. The number of rotatable bonds is 4. The summed E-state index contributed by atoms with van der Waals surface area (Å²) in [6.07, 6.45) is 5.99. The molecule has 3 heterocycles. The van der Waals surface area contributed by atoms with Crippen molar-refractivity contribution in [2.24, 2.45) is 0 Å². The smallest absolute Gasteiger partial charge is 0.274 e. The maximum absolute atomic E-state index is 12.6. The minimum atomic E-state index is 0.0722. The maximum atomic E-state index is 12.6. The van der Waals surface area contributed by atoms with E-state index in [1.807, 2.05) is 23.2 Å². The van der Waals surface area contributed by atoms with Crippen molar-refractivity contribution in [3.05, 3.63) is 41.5 Å². The molecule has 1 atom stereocenters. The van der Waals surface area contributed by atoms with Gasteiger partial charge in [-0.3, -0.25) is 4.79 Å². The highest BCUT2D eigenvalue weighted by Crippen LogP contribution is 2.36. The van der Waals surface area contributed by atoms with E-state index in [1.165, 1.54) is 5.56 Å². The van der Waals surface area contributed by atoms with Crippen LogP contribution in [-0.4, -0.2) is 47.7 Å². The van der Waals surface area contributed by atoms with E-state index in [9.17, 15) is 4.79 Å². The Labute approximate surface area is 153 Å². The summed E-state index contributed by atoms with van der Waals surface area (Å²) in [4.78, 5) is 19.1. The summed E-state index contributed by atoms with van der Waals surface area (Å²) in [5.41, 5.74) is 1.77. The third-order valence-corrected chi connectivity index (χ3v) is 5.49. The molecule has 0 spiro atoms. The Morgan fingerprint density at radius 1 is 1.19 bits per heavy atom. The molecule has 4 rings (SSSR count). The lowest BCUT2D eigenvalue weighted by atomic mass is 9.91. The maximum Gasteiger partial charge on any atom is 0.274 e. The van der Waals surface area contributed by atoms with E-state index in [4.69, 9.17) is 9.47 Å². The van der Waals surface area contributed by atoms with Crippen LogP contribution in [0, 0.1) is 0 Å². The van der Waals surface area contributed by atoms with E-state index in [0.29, 0.717) is 11.6 Å². The molecule has 2 aliphatic rings. The van der Waals surface area contributed by atoms with E-state index < -0.39 is 0 Å². The molecular formula is C20H25N3O3. The van der Waals surface area contributed by atoms with Crippen molar-refractivity contribution in [3.63, 3.8) is 0 Å². The molecule has 1 aromatic carbocycles. The fourth-order valence-corrected chi connectivity index (χ4v) is 4.04. The number of hydrogen-bond donors (Lipinski definition) is 0. The van der Waals surface area contributed by atoms with E-state index in [0.717, 1.165) is 62.6 Å². The normalized spacial score (nSPS) is 19.3. The molecule has 1 unspecified atom stereocenters. The summed E-state index contributed by atoms with van der Waals surface area (Å²) in [7, 11) is 3.35. The van der Waals surface area contributed by atoms with Crippen molar-refractivity contribution in [3.8, 4) is 11.5 Å². The van der Waals surface area contributed by atoms with Crippen molar-refractivity contribution in [1.82, 2.24) is 14.5 Å². The monoisotopic (exact) mass is 355 g/mol. The zero-order valence-electron chi connectivity index (χ0n) is 15.4. The number of nitrogens with zero attached hydrogens (tertiary/aromatic N) is 3. The second-order valence-corrected chi connectivity index (χ2v) is 7.04. The van der Waals surface area contributed by atoms with Gasteiger partial charge in [-0.15, -0.1) is 0 Å². The third kappa shape index (κ3) is 3.04. The Morgan fingerprint density at radius 3 is 2.73 bits per heavy atom. The van der Waals surface area contributed by atoms with Gasteiger partial charge in [0.25, 0.3) is 5.91 Å². The summed E-state index contributed by atoms with van der Waals surface area (Å²) in [6, 6.07) is 5.99.